The van der Waals surface area contributed by atoms with Gasteiger partial charge >= 0.3 is 11.9 Å². The van der Waals surface area contributed by atoms with Crippen molar-refractivity contribution in [3.63, 3.8) is 0 Å². The SMILES string of the molecule is C=C(C)C#CC(CC(C)C)OC(=O)c1cccc(C(=O)OCCCCCC)c1. The molecule has 0 aliphatic carbocycles. The summed E-state index contributed by atoms with van der Waals surface area (Å²) in [7, 11) is 0. The predicted octanol–water partition coefficient (Wildman–Crippen LogP) is 5.57. The first-order valence-electron chi connectivity index (χ1n) is 9.98. The largest absolute Gasteiger partial charge is 0.462 e. The molecule has 1 atom stereocenters. The van der Waals surface area contributed by atoms with E-state index in [2.05, 4.69) is 25.3 Å². The van der Waals surface area contributed by atoms with Crippen LogP contribution in [0.3, 0.4) is 0 Å². The quantitative estimate of drug-likeness (QED) is 0.300. The van der Waals surface area contributed by atoms with Gasteiger partial charge in [0.05, 0.1) is 17.7 Å². The summed E-state index contributed by atoms with van der Waals surface area (Å²) in [5, 5.41) is 0. The lowest BCUT2D eigenvalue weighted by molar-refractivity contribution is 0.0377. The Morgan fingerprint density at radius 2 is 1.79 bits per heavy atom. The lowest BCUT2D eigenvalue weighted by Crippen LogP contribution is -2.19. The van der Waals surface area contributed by atoms with Crippen LogP contribution >= 0.6 is 0 Å². The lowest BCUT2D eigenvalue weighted by atomic mass is 10.1. The van der Waals surface area contributed by atoms with Crippen LogP contribution < -0.4 is 0 Å². The van der Waals surface area contributed by atoms with E-state index in [1.807, 2.05) is 13.8 Å². The van der Waals surface area contributed by atoms with Crippen LogP contribution in [0.1, 0.15) is 80.5 Å². The maximum Gasteiger partial charge on any atom is 0.339 e. The van der Waals surface area contributed by atoms with E-state index in [0.29, 0.717) is 35.6 Å². The molecule has 4 nitrogen and oxygen atoms in total. The lowest BCUT2D eigenvalue weighted by Gasteiger charge is -2.15. The minimum Gasteiger partial charge on any atom is -0.462 e. The highest BCUT2D eigenvalue weighted by molar-refractivity contribution is 5.95. The Morgan fingerprint density at radius 3 is 2.39 bits per heavy atom. The molecule has 0 fully saturated rings. The summed E-state index contributed by atoms with van der Waals surface area (Å²) < 4.78 is 10.8. The second-order valence-corrected chi connectivity index (χ2v) is 7.35. The van der Waals surface area contributed by atoms with Crippen molar-refractivity contribution in [2.45, 2.75) is 65.9 Å². The van der Waals surface area contributed by atoms with Crippen molar-refractivity contribution in [3.05, 3.63) is 47.5 Å². The normalized spacial score (nSPS) is 11.3. The van der Waals surface area contributed by atoms with Crippen LogP contribution in [0.15, 0.2) is 36.4 Å². The Hall–Kier alpha value is -2.54. The summed E-state index contributed by atoms with van der Waals surface area (Å²) in [4.78, 5) is 24.7. The molecule has 0 bridgehead atoms. The Kier molecular flexibility index (Phi) is 10.7. The Morgan fingerprint density at radius 1 is 1.11 bits per heavy atom. The van der Waals surface area contributed by atoms with Crippen LogP contribution in [-0.4, -0.2) is 24.6 Å². The first-order chi connectivity index (χ1) is 13.3. The van der Waals surface area contributed by atoms with Gasteiger partial charge < -0.3 is 9.47 Å². The number of unbranched alkanes of at least 4 members (excludes halogenated alkanes) is 3. The highest BCUT2D eigenvalue weighted by atomic mass is 16.5. The van der Waals surface area contributed by atoms with E-state index in [0.717, 1.165) is 25.7 Å². The summed E-state index contributed by atoms with van der Waals surface area (Å²) in [5.41, 5.74) is 1.37. The van der Waals surface area contributed by atoms with Crippen molar-refractivity contribution >= 4 is 11.9 Å². The molecule has 0 N–H and O–H groups in total. The molecule has 0 aliphatic heterocycles. The predicted molar refractivity (Wildman–Crippen MR) is 112 cm³/mol. The van der Waals surface area contributed by atoms with Crippen molar-refractivity contribution in [3.8, 4) is 11.8 Å². The maximum absolute atomic E-state index is 12.5. The number of hydrogen-bond acceptors (Lipinski definition) is 4. The van der Waals surface area contributed by atoms with E-state index in [4.69, 9.17) is 9.47 Å². The molecule has 0 saturated carbocycles. The van der Waals surface area contributed by atoms with Gasteiger partial charge in [-0.15, -0.1) is 0 Å². The molecular formula is C24H32O4. The smallest absolute Gasteiger partial charge is 0.339 e. The van der Waals surface area contributed by atoms with E-state index < -0.39 is 18.0 Å². The summed E-state index contributed by atoms with van der Waals surface area (Å²) in [5.74, 6) is 5.23. The summed E-state index contributed by atoms with van der Waals surface area (Å²) in [6.45, 7) is 12.2. The van der Waals surface area contributed by atoms with Gasteiger partial charge in [0.15, 0.2) is 6.10 Å². The number of carbonyl (C=O) groups is 2. The molecule has 0 saturated heterocycles. The minimum absolute atomic E-state index is 0.311. The highest BCUT2D eigenvalue weighted by Crippen LogP contribution is 2.14. The molecule has 4 heteroatoms. The van der Waals surface area contributed by atoms with Gasteiger partial charge in [0.2, 0.25) is 0 Å². The first kappa shape index (κ1) is 23.5. The third-order valence-electron chi connectivity index (χ3n) is 3.95. The van der Waals surface area contributed by atoms with Crippen molar-refractivity contribution in [2.75, 3.05) is 6.61 Å². The standard InChI is InChI=1S/C24H32O4/c1-6-7-8-9-15-27-23(25)20-11-10-12-21(17-20)24(26)28-22(16-19(4)5)14-13-18(2)3/h10-12,17,19,22H,2,6-9,15-16H2,1,3-5H3. The van der Waals surface area contributed by atoms with Crippen molar-refractivity contribution < 1.29 is 19.1 Å². The zero-order valence-electron chi connectivity index (χ0n) is 17.5. The van der Waals surface area contributed by atoms with E-state index in [1.54, 1.807) is 25.1 Å². The summed E-state index contributed by atoms with van der Waals surface area (Å²) >= 11 is 0. The van der Waals surface area contributed by atoms with Gasteiger partial charge in [-0.25, -0.2) is 9.59 Å². The Balaban J connectivity index is 2.75. The fourth-order valence-corrected chi connectivity index (χ4v) is 2.52. The van der Waals surface area contributed by atoms with Crippen LogP contribution in [0.5, 0.6) is 0 Å². The third-order valence-corrected chi connectivity index (χ3v) is 3.95. The second-order valence-electron chi connectivity index (χ2n) is 7.35. The molecule has 1 aromatic rings. The molecule has 0 aromatic heterocycles. The van der Waals surface area contributed by atoms with Crippen LogP contribution in [0, 0.1) is 17.8 Å². The molecule has 28 heavy (non-hydrogen) atoms. The monoisotopic (exact) mass is 384 g/mol. The van der Waals surface area contributed by atoms with E-state index in [9.17, 15) is 9.59 Å². The second kappa shape index (κ2) is 12.8. The van der Waals surface area contributed by atoms with Crippen LogP contribution in [0.25, 0.3) is 0 Å². The molecule has 152 valence electrons. The molecule has 0 aliphatic rings. The van der Waals surface area contributed by atoms with E-state index in [-0.39, 0.29) is 0 Å². The molecule has 0 radical (unpaired) electrons. The Bertz CT molecular complexity index is 722. The van der Waals surface area contributed by atoms with Crippen molar-refractivity contribution in [1.82, 2.24) is 0 Å². The number of rotatable bonds is 10. The van der Waals surface area contributed by atoms with Gasteiger partial charge in [-0.3, -0.25) is 0 Å². The highest BCUT2D eigenvalue weighted by Gasteiger charge is 2.17. The average Bonchev–Trinajstić information content (AvgIpc) is 2.65. The summed E-state index contributed by atoms with van der Waals surface area (Å²) in [6.07, 6.45) is 4.26. The number of benzene rings is 1. The molecule has 0 amide bonds. The maximum atomic E-state index is 12.5. The van der Waals surface area contributed by atoms with Gasteiger partial charge in [-0.2, -0.15) is 0 Å². The number of esters is 2. The van der Waals surface area contributed by atoms with Crippen LogP contribution in [-0.2, 0) is 9.47 Å². The number of hydrogen-bond donors (Lipinski definition) is 0. The fraction of sp³-hybridized carbons (Fsp3) is 0.500. The molecular weight excluding hydrogens is 352 g/mol. The Labute approximate surface area is 169 Å². The van der Waals surface area contributed by atoms with Gasteiger partial charge in [0, 0.05) is 0 Å². The molecule has 0 heterocycles. The van der Waals surface area contributed by atoms with Crippen molar-refractivity contribution in [2.24, 2.45) is 5.92 Å². The van der Waals surface area contributed by atoms with Crippen molar-refractivity contribution in [1.29, 1.82) is 0 Å². The van der Waals surface area contributed by atoms with Crippen LogP contribution in [0.4, 0.5) is 0 Å². The average molecular weight is 385 g/mol. The van der Waals surface area contributed by atoms with Gasteiger partial charge in [0.25, 0.3) is 0 Å². The molecule has 1 rings (SSSR count). The minimum atomic E-state index is -0.515. The van der Waals surface area contributed by atoms with Gasteiger partial charge in [-0.1, -0.05) is 64.5 Å². The van der Waals surface area contributed by atoms with Gasteiger partial charge in [-0.05, 0) is 49.5 Å². The number of carbonyl (C=O) groups excluding carboxylic acids is 2. The third kappa shape index (κ3) is 9.41. The molecule has 1 aromatic carbocycles. The fourth-order valence-electron chi connectivity index (χ4n) is 2.52. The first-order valence-corrected chi connectivity index (χ1v) is 9.98. The molecule has 1 unspecified atom stereocenters. The van der Waals surface area contributed by atoms with Gasteiger partial charge in [0.1, 0.15) is 0 Å². The topological polar surface area (TPSA) is 52.6 Å². The zero-order chi connectivity index (χ0) is 20.9. The zero-order valence-corrected chi connectivity index (χ0v) is 17.5. The number of ether oxygens (including phenoxy) is 2. The number of allylic oxidation sites excluding steroid dienone is 1. The summed E-state index contributed by atoms with van der Waals surface area (Å²) in [6, 6.07) is 6.42. The van der Waals surface area contributed by atoms with E-state index in [1.165, 1.54) is 6.07 Å². The van der Waals surface area contributed by atoms with E-state index >= 15 is 0 Å². The van der Waals surface area contributed by atoms with Crippen LogP contribution in [0.2, 0.25) is 0 Å². The molecule has 0 spiro atoms.